The third-order valence-corrected chi connectivity index (χ3v) is 3.42. The van der Waals surface area contributed by atoms with E-state index in [1.54, 1.807) is 6.07 Å². The van der Waals surface area contributed by atoms with Crippen LogP contribution in [0.5, 0.6) is 0 Å². The quantitative estimate of drug-likeness (QED) is 0.604. The maximum atomic E-state index is 10.6. The van der Waals surface area contributed by atoms with Crippen LogP contribution < -0.4 is 5.32 Å². The average molecular weight is 285 g/mol. The Morgan fingerprint density at radius 1 is 1.32 bits per heavy atom. The molecular weight excluding hydrogens is 264 g/mol. The third kappa shape index (κ3) is 5.57. The molecule has 0 aliphatic heterocycles. The second kappa shape index (κ2) is 7.46. The monoisotopic (exact) mass is 284 g/mol. The fraction of sp³-hybridized carbons (Fsp3) is 0.571. The lowest BCUT2D eigenvalue weighted by Gasteiger charge is -2.15. The molecule has 5 heteroatoms. The summed E-state index contributed by atoms with van der Waals surface area (Å²) in [5.41, 5.74) is 0.922. The van der Waals surface area contributed by atoms with Crippen LogP contribution in [0.3, 0.4) is 0 Å². The van der Waals surface area contributed by atoms with Crippen LogP contribution in [0.25, 0.3) is 0 Å². The van der Waals surface area contributed by atoms with Gasteiger partial charge in [0.25, 0.3) is 5.69 Å². The average Bonchev–Trinajstić information content (AvgIpc) is 2.34. The van der Waals surface area contributed by atoms with Crippen LogP contribution in [0.4, 0.5) is 5.69 Å². The standard InChI is InChI=1S/C14H21ClN2O2/c1-10(2)4-5-11(3)16-9-12-6-7-13(17(18)19)8-14(12)15/h6-8,10-11,16H,4-5,9H2,1-3H3. The number of rotatable bonds is 7. The molecule has 1 aromatic carbocycles. The Labute approximate surface area is 119 Å². The Morgan fingerprint density at radius 2 is 2.00 bits per heavy atom. The Kier molecular flexibility index (Phi) is 6.25. The van der Waals surface area contributed by atoms with E-state index in [-0.39, 0.29) is 5.69 Å². The van der Waals surface area contributed by atoms with Gasteiger partial charge in [0.2, 0.25) is 0 Å². The first-order valence-electron chi connectivity index (χ1n) is 6.56. The van der Waals surface area contributed by atoms with E-state index >= 15 is 0 Å². The van der Waals surface area contributed by atoms with E-state index in [9.17, 15) is 10.1 Å². The molecule has 0 heterocycles. The van der Waals surface area contributed by atoms with E-state index in [2.05, 4.69) is 26.1 Å². The zero-order valence-corrected chi connectivity index (χ0v) is 12.4. The molecular formula is C14H21ClN2O2. The van der Waals surface area contributed by atoms with Crippen molar-refractivity contribution in [1.82, 2.24) is 5.32 Å². The molecule has 0 amide bonds. The summed E-state index contributed by atoms with van der Waals surface area (Å²) >= 11 is 6.04. The molecule has 1 rings (SSSR count). The van der Waals surface area contributed by atoms with E-state index in [0.717, 1.165) is 12.0 Å². The molecule has 0 aromatic heterocycles. The maximum Gasteiger partial charge on any atom is 0.270 e. The molecule has 1 aromatic rings. The molecule has 106 valence electrons. The Morgan fingerprint density at radius 3 is 2.53 bits per heavy atom. The number of benzene rings is 1. The molecule has 1 atom stereocenters. The fourth-order valence-corrected chi connectivity index (χ4v) is 2.00. The predicted molar refractivity (Wildman–Crippen MR) is 78.5 cm³/mol. The van der Waals surface area contributed by atoms with Crippen molar-refractivity contribution in [3.8, 4) is 0 Å². The van der Waals surface area contributed by atoms with Crippen molar-refractivity contribution >= 4 is 17.3 Å². The minimum Gasteiger partial charge on any atom is -0.310 e. The lowest BCUT2D eigenvalue weighted by atomic mass is 10.0. The summed E-state index contributed by atoms with van der Waals surface area (Å²) < 4.78 is 0. The van der Waals surface area contributed by atoms with Gasteiger partial charge in [-0.2, -0.15) is 0 Å². The van der Waals surface area contributed by atoms with Crippen LogP contribution in [0.1, 0.15) is 39.2 Å². The maximum absolute atomic E-state index is 10.6. The number of halogens is 1. The summed E-state index contributed by atoms with van der Waals surface area (Å²) in [5, 5.41) is 14.4. The van der Waals surface area contributed by atoms with Gasteiger partial charge in [0, 0.05) is 24.7 Å². The van der Waals surface area contributed by atoms with Crippen LogP contribution in [-0.4, -0.2) is 11.0 Å². The molecule has 0 saturated carbocycles. The van der Waals surface area contributed by atoms with Gasteiger partial charge in [-0.1, -0.05) is 25.4 Å². The van der Waals surface area contributed by atoms with E-state index in [0.29, 0.717) is 23.5 Å². The minimum atomic E-state index is -0.436. The van der Waals surface area contributed by atoms with Crippen molar-refractivity contribution < 1.29 is 4.92 Å². The zero-order chi connectivity index (χ0) is 14.4. The molecule has 1 N–H and O–H groups in total. The van der Waals surface area contributed by atoms with Gasteiger partial charge in [0.15, 0.2) is 0 Å². The largest absolute Gasteiger partial charge is 0.310 e. The van der Waals surface area contributed by atoms with Crippen molar-refractivity contribution in [3.05, 3.63) is 38.9 Å². The number of hydrogen-bond acceptors (Lipinski definition) is 3. The summed E-state index contributed by atoms with van der Waals surface area (Å²) in [6, 6.07) is 5.01. The summed E-state index contributed by atoms with van der Waals surface area (Å²) in [7, 11) is 0. The SMILES string of the molecule is CC(C)CCC(C)NCc1ccc([N+](=O)[O-])cc1Cl. The number of non-ortho nitro benzene ring substituents is 1. The molecule has 0 fully saturated rings. The summed E-state index contributed by atoms with van der Waals surface area (Å²) in [5.74, 6) is 0.701. The molecule has 0 bridgehead atoms. The Balaban J connectivity index is 2.51. The van der Waals surface area contributed by atoms with Gasteiger partial charge in [0.05, 0.1) is 9.95 Å². The molecule has 0 radical (unpaired) electrons. The zero-order valence-electron chi connectivity index (χ0n) is 11.6. The second-order valence-electron chi connectivity index (χ2n) is 5.29. The Hall–Kier alpha value is -1.13. The van der Waals surface area contributed by atoms with Gasteiger partial charge in [-0.3, -0.25) is 10.1 Å². The van der Waals surface area contributed by atoms with Crippen molar-refractivity contribution in [2.75, 3.05) is 0 Å². The highest BCUT2D eigenvalue weighted by Gasteiger charge is 2.10. The first kappa shape index (κ1) is 15.9. The molecule has 0 aliphatic carbocycles. The van der Waals surface area contributed by atoms with Gasteiger partial charge in [-0.25, -0.2) is 0 Å². The van der Waals surface area contributed by atoms with Crippen molar-refractivity contribution in [1.29, 1.82) is 0 Å². The molecule has 0 saturated heterocycles. The van der Waals surface area contributed by atoms with Gasteiger partial charge < -0.3 is 5.32 Å². The highest BCUT2D eigenvalue weighted by atomic mass is 35.5. The van der Waals surface area contributed by atoms with E-state index < -0.39 is 4.92 Å². The van der Waals surface area contributed by atoms with Crippen molar-refractivity contribution in [3.63, 3.8) is 0 Å². The van der Waals surface area contributed by atoms with E-state index in [1.807, 2.05) is 0 Å². The first-order valence-corrected chi connectivity index (χ1v) is 6.94. The predicted octanol–water partition coefficient (Wildman–Crippen LogP) is 4.16. The lowest BCUT2D eigenvalue weighted by Crippen LogP contribution is -2.25. The Bertz CT molecular complexity index is 435. The first-order chi connectivity index (χ1) is 8.90. The number of nitro groups is 1. The molecule has 1 unspecified atom stereocenters. The van der Waals surface area contributed by atoms with Crippen molar-refractivity contribution in [2.24, 2.45) is 5.92 Å². The van der Waals surface area contributed by atoms with Crippen molar-refractivity contribution in [2.45, 2.75) is 46.2 Å². The summed E-state index contributed by atoms with van der Waals surface area (Å²) in [6.45, 7) is 7.19. The fourth-order valence-electron chi connectivity index (χ4n) is 1.76. The molecule has 0 aliphatic rings. The van der Waals surface area contributed by atoms with Crippen LogP contribution in [-0.2, 0) is 6.54 Å². The van der Waals surface area contributed by atoms with Crippen LogP contribution >= 0.6 is 11.6 Å². The van der Waals surface area contributed by atoms with E-state index in [1.165, 1.54) is 18.6 Å². The highest BCUT2D eigenvalue weighted by molar-refractivity contribution is 6.31. The van der Waals surface area contributed by atoms with Gasteiger partial charge in [-0.15, -0.1) is 0 Å². The normalized spacial score (nSPS) is 12.7. The van der Waals surface area contributed by atoms with Crippen LogP contribution in [0, 0.1) is 16.0 Å². The minimum absolute atomic E-state index is 0.0293. The van der Waals surface area contributed by atoms with Gasteiger partial charge in [0.1, 0.15) is 0 Å². The summed E-state index contributed by atoms with van der Waals surface area (Å²) in [4.78, 5) is 10.2. The smallest absolute Gasteiger partial charge is 0.270 e. The number of hydrogen-bond donors (Lipinski definition) is 1. The number of nitro benzene ring substituents is 1. The van der Waals surface area contributed by atoms with Crippen LogP contribution in [0.2, 0.25) is 5.02 Å². The summed E-state index contributed by atoms with van der Waals surface area (Å²) in [6.07, 6.45) is 2.30. The van der Waals surface area contributed by atoms with Gasteiger partial charge >= 0.3 is 0 Å². The number of nitrogens with one attached hydrogen (secondary N) is 1. The second-order valence-corrected chi connectivity index (χ2v) is 5.69. The highest BCUT2D eigenvalue weighted by Crippen LogP contribution is 2.22. The molecule has 4 nitrogen and oxygen atoms in total. The van der Waals surface area contributed by atoms with E-state index in [4.69, 9.17) is 11.6 Å². The topological polar surface area (TPSA) is 55.2 Å². The third-order valence-electron chi connectivity index (χ3n) is 3.07. The number of nitrogens with zero attached hydrogens (tertiary/aromatic N) is 1. The molecule has 19 heavy (non-hydrogen) atoms. The van der Waals surface area contributed by atoms with Crippen LogP contribution in [0.15, 0.2) is 18.2 Å². The molecule has 0 spiro atoms. The lowest BCUT2D eigenvalue weighted by molar-refractivity contribution is -0.384. The van der Waals surface area contributed by atoms with Gasteiger partial charge in [-0.05, 0) is 37.3 Å².